The van der Waals surface area contributed by atoms with Crippen LogP contribution in [0, 0.1) is 6.92 Å². The van der Waals surface area contributed by atoms with Crippen LogP contribution in [0.25, 0.3) is 0 Å². The number of amides is 2. The summed E-state index contributed by atoms with van der Waals surface area (Å²) >= 11 is 5.42. The zero-order valence-corrected chi connectivity index (χ0v) is 21.4. The van der Waals surface area contributed by atoms with Crippen LogP contribution < -0.4 is 10.2 Å². The van der Waals surface area contributed by atoms with Gasteiger partial charge in [0.05, 0.1) is 20.9 Å². The summed E-state index contributed by atoms with van der Waals surface area (Å²) in [5.41, 5.74) is -1.89. The van der Waals surface area contributed by atoms with Crippen molar-refractivity contribution in [2.75, 3.05) is 35.4 Å². The predicted molar refractivity (Wildman–Crippen MR) is 130 cm³/mol. The first-order valence-electron chi connectivity index (χ1n) is 11.1. The number of rotatable bonds is 5. The lowest BCUT2D eigenvalue weighted by Crippen LogP contribution is -2.30. The second kappa shape index (κ2) is 10.9. The number of halogens is 6. The van der Waals surface area contributed by atoms with Crippen molar-refractivity contribution in [3.8, 4) is 0 Å². The number of aromatic nitrogens is 1. The van der Waals surface area contributed by atoms with Gasteiger partial charge in [-0.15, -0.1) is 11.6 Å². The van der Waals surface area contributed by atoms with Gasteiger partial charge in [-0.25, -0.2) is 18.0 Å². The van der Waals surface area contributed by atoms with Crippen molar-refractivity contribution < 1.29 is 35.8 Å². The fourth-order valence-electron chi connectivity index (χ4n) is 3.94. The normalized spacial score (nSPS) is 17.5. The number of carbonyl (C=O) groups excluding carboxylic acids is 2. The Hall–Kier alpha value is -2.80. The SMILES string of the molecule is Cc1c(C(F)(F)F)cnc(N2CCCC(F)(F)CC2)c1C(=O)Nc1cccc([S@@](C)(=O)=NC(=O)CCl)c1. The van der Waals surface area contributed by atoms with E-state index >= 15 is 0 Å². The molecular weight excluding hydrogens is 543 g/mol. The van der Waals surface area contributed by atoms with E-state index in [0.717, 1.165) is 6.92 Å². The van der Waals surface area contributed by atoms with Crippen LogP contribution in [0.1, 0.15) is 40.7 Å². The molecule has 0 saturated carbocycles. The minimum absolute atomic E-state index is 0.0627. The Morgan fingerprint density at radius 1 is 1.24 bits per heavy atom. The lowest BCUT2D eigenvalue weighted by Gasteiger charge is -2.26. The Morgan fingerprint density at radius 3 is 2.59 bits per heavy atom. The van der Waals surface area contributed by atoms with Crippen LogP contribution in [0.2, 0.25) is 0 Å². The smallest absolute Gasteiger partial charge is 0.356 e. The van der Waals surface area contributed by atoms with Gasteiger partial charge in [0.2, 0.25) is 5.92 Å². The molecule has 1 aliphatic rings. The highest BCUT2D eigenvalue weighted by Gasteiger charge is 2.38. The zero-order chi connectivity index (χ0) is 27.6. The van der Waals surface area contributed by atoms with Gasteiger partial charge in [0.15, 0.2) is 0 Å². The standard InChI is InChI=1S/C23H24ClF5N4O3S/c1-14-17(23(27,28)29)13-30-20(33-9-4-7-22(25,26)8-10-33)19(14)21(35)31-15-5-3-6-16(11-15)37(2,36)32-18(34)12-24/h3,5-6,11,13H,4,7-10,12H2,1-2H3,(H,31,35)/t37-/m1/s1. The summed E-state index contributed by atoms with van der Waals surface area (Å²) in [4.78, 5) is 30.2. The van der Waals surface area contributed by atoms with Crippen molar-refractivity contribution in [2.24, 2.45) is 4.36 Å². The highest BCUT2D eigenvalue weighted by Crippen LogP contribution is 2.37. The molecule has 1 atom stereocenters. The minimum atomic E-state index is -4.80. The van der Waals surface area contributed by atoms with E-state index in [9.17, 15) is 35.8 Å². The van der Waals surface area contributed by atoms with Crippen LogP contribution in [-0.4, -0.2) is 52.2 Å². The highest BCUT2D eigenvalue weighted by molar-refractivity contribution is 7.93. The Morgan fingerprint density at radius 2 is 1.95 bits per heavy atom. The molecule has 1 aromatic heterocycles. The van der Waals surface area contributed by atoms with Gasteiger partial charge < -0.3 is 10.2 Å². The number of nitrogens with one attached hydrogen (secondary N) is 1. The highest BCUT2D eigenvalue weighted by atomic mass is 35.5. The molecule has 1 saturated heterocycles. The van der Waals surface area contributed by atoms with E-state index < -0.39 is 62.6 Å². The van der Waals surface area contributed by atoms with Crippen molar-refractivity contribution in [1.29, 1.82) is 0 Å². The quantitative estimate of drug-likeness (QED) is 0.381. The lowest BCUT2D eigenvalue weighted by atomic mass is 10.0. The second-order valence-corrected chi connectivity index (χ2v) is 11.1. The van der Waals surface area contributed by atoms with Gasteiger partial charge >= 0.3 is 6.18 Å². The zero-order valence-electron chi connectivity index (χ0n) is 19.9. The Balaban J connectivity index is 2.04. The molecule has 0 bridgehead atoms. The molecular formula is C23H24ClF5N4O3S. The van der Waals surface area contributed by atoms with Crippen LogP contribution in [-0.2, 0) is 20.7 Å². The number of carbonyl (C=O) groups is 2. The molecule has 0 radical (unpaired) electrons. The van der Waals surface area contributed by atoms with Crippen molar-refractivity contribution >= 4 is 44.6 Å². The van der Waals surface area contributed by atoms with Gasteiger partial charge in [-0.3, -0.25) is 9.59 Å². The third-order valence-corrected chi connectivity index (χ3v) is 7.70. The van der Waals surface area contributed by atoms with E-state index in [0.29, 0.717) is 6.20 Å². The molecule has 3 rings (SSSR count). The Bertz CT molecular complexity index is 1330. The Labute approximate surface area is 215 Å². The van der Waals surface area contributed by atoms with Crippen LogP contribution in [0.15, 0.2) is 39.7 Å². The summed E-state index contributed by atoms with van der Waals surface area (Å²) in [7, 11) is -3.22. The maximum absolute atomic E-state index is 13.9. The maximum atomic E-state index is 13.9. The number of nitrogens with zero attached hydrogens (tertiary/aromatic N) is 3. The summed E-state index contributed by atoms with van der Waals surface area (Å²) < 4.78 is 85.1. The van der Waals surface area contributed by atoms with E-state index in [2.05, 4.69) is 14.7 Å². The number of alkyl halides is 6. The number of hydrogen-bond acceptors (Lipinski definition) is 5. The van der Waals surface area contributed by atoms with Gasteiger partial charge in [0.1, 0.15) is 11.7 Å². The van der Waals surface area contributed by atoms with E-state index in [1.807, 2.05) is 0 Å². The molecule has 1 N–H and O–H groups in total. The van der Waals surface area contributed by atoms with Crippen molar-refractivity contribution in [2.45, 2.75) is 43.2 Å². The number of hydrogen-bond donors (Lipinski definition) is 1. The third-order valence-electron chi connectivity index (χ3n) is 5.79. The molecule has 202 valence electrons. The third kappa shape index (κ3) is 6.95. The summed E-state index contributed by atoms with van der Waals surface area (Å²) in [5, 5.41) is 2.47. The molecule has 7 nitrogen and oxygen atoms in total. The Kier molecular flexibility index (Phi) is 8.47. The summed E-state index contributed by atoms with van der Waals surface area (Å²) in [6, 6.07) is 5.50. The predicted octanol–water partition coefficient (Wildman–Crippen LogP) is 5.51. The van der Waals surface area contributed by atoms with Gasteiger partial charge in [0, 0.05) is 49.0 Å². The maximum Gasteiger partial charge on any atom is 0.418 e. The molecule has 1 aliphatic heterocycles. The summed E-state index contributed by atoms with van der Waals surface area (Å²) in [6.45, 7) is 0.993. The van der Waals surface area contributed by atoms with Crippen molar-refractivity contribution in [3.05, 3.63) is 47.2 Å². The van der Waals surface area contributed by atoms with Crippen LogP contribution in [0.5, 0.6) is 0 Å². The molecule has 2 amide bonds. The van der Waals surface area contributed by atoms with E-state index in [1.165, 1.54) is 35.4 Å². The molecule has 1 fully saturated rings. The summed E-state index contributed by atoms with van der Waals surface area (Å²) in [5.74, 6) is -5.31. The lowest BCUT2D eigenvalue weighted by molar-refractivity contribution is -0.138. The first kappa shape index (κ1) is 28.8. The topological polar surface area (TPSA) is 91.7 Å². The first-order valence-corrected chi connectivity index (χ1v) is 13.5. The fourth-order valence-corrected chi connectivity index (χ4v) is 5.30. The average Bonchev–Trinajstić information content (AvgIpc) is 2.98. The molecule has 2 heterocycles. The second-order valence-electron chi connectivity index (χ2n) is 8.59. The molecule has 2 aromatic rings. The number of anilines is 2. The largest absolute Gasteiger partial charge is 0.418 e. The van der Waals surface area contributed by atoms with E-state index in [4.69, 9.17) is 11.6 Å². The van der Waals surface area contributed by atoms with Crippen molar-refractivity contribution in [1.82, 2.24) is 4.98 Å². The molecule has 0 aliphatic carbocycles. The molecule has 0 unspecified atom stereocenters. The molecule has 37 heavy (non-hydrogen) atoms. The number of benzene rings is 1. The average molecular weight is 567 g/mol. The van der Waals surface area contributed by atoms with Crippen molar-refractivity contribution in [3.63, 3.8) is 0 Å². The van der Waals surface area contributed by atoms with Crippen LogP contribution in [0.4, 0.5) is 33.5 Å². The first-order chi connectivity index (χ1) is 17.1. The molecule has 1 aromatic carbocycles. The van der Waals surface area contributed by atoms with E-state index in [-0.39, 0.29) is 42.3 Å². The molecule has 14 heteroatoms. The van der Waals surface area contributed by atoms with Gasteiger partial charge in [-0.2, -0.15) is 17.5 Å². The van der Waals surface area contributed by atoms with E-state index in [1.54, 1.807) is 0 Å². The minimum Gasteiger partial charge on any atom is -0.356 e. The number of pyridine rings is 1. The van der Waals surface area contributed by atoms with Crippen LogP contribution in [0.3, 0.4) is 0 Å². The fraction of sp³-hybridized carbons (Fsp3) is 0.435. The van der Waals surface area contributed by atoms with Gasteiger partial charge in [0.25, 0.3) is 11.8 Å². The van der Waals surface area contributed by atoms with Gasteiger partial charge in [-0.1, -0.05) is 6.07 Å². The summed E-state index contributed by atoms with van der Waals surface area (Å²) in [6.07, 6.45) is -3.87. The monoisotopic (exact) mass is 566 g/mol. The van der Waals surface area contributed by atoms with Crippen LogP contribution >= 0.6 is 11.6 Å². The molecule has 0 spiro atoms. The van der Waals surface area contributed by atoms with Gasteiger partial charge in [-0.05, 0) is 37.1 Å².